The number of amides is 1. The third-order valence-electron chi connectivity index (χ3n) is 5.32. The molecule has 0 saturated carbocycles. The van der Waals surface area contributed by atoms with Crippen molar-refractivity contribution in [1.29, 1.82) is 5.26 Å². The van der Waals surface area contributed by atoms with E-state index in [4.69, 9.17) is 14.5 Å². The summed E-state index contributed by atoms with van der Waals surface area (Å²) in [6.45, 7) is 5.61. The number of aromatic nitrogens is 3. The van der Waals surface area contributed by atoms with Gasteiger partial charge in [-0.2, -0.15) is 15.0 Å². The molecule has 4 aromatic rings. The minimum atomic E-state index is -0.818. The Morgan fingerprint density at radius 3 is 2.55 bits per heavy atom. The molecule has 0 aliphatic rings. The number of hydrogen-bond acceptors (Lipinski definition) is 6. The first-order chi connectivity index (χ1) is 15.9. The second-order valence-electron chi connectivity index (χ2n) is 7.62. The van der Waals surface area contributed by atoms with E-state index in [0.29, 0.717) is 17.3 Å². The number of fused-ring (bicyclic) bond motifs is 1. The monoisotopic (exact) mass is 441 g/mol. The second-order valence-corrected chi connectivity index (χ2v) is 7.62. The van der Waals surface area contributed by atoms with E-state index in [0.717, 1.165) is 22.0 Å². The minimum absolute atomic E-state index is 0.226. The highest BCUT2D eigenvalue weighted by molar-refractivity contribution is 5.95. The van der Waals surface area contributed by atoms with E-state index in [1.165, 1.54) is 10.9 Å². The average molecular weight is 441 g/mol. The van der Waals surface area contributed by atoms with Gasteiger partial charge in [-0.1, -0.05) is 18.2 Å². The molecular formula is C25H23N5O3. The fourth-order valence-electron chi connectivity index (χ4n) is 3.51. The second kappa shape index (κ2) is 9.01. The van der Waals surface area contributed by atoms with E-state index in [-0.39, 0.29) is 11.4 Å². The van der Waals surface area contributed by atoms with Crippen molar-refractivity contribution in [2.75, 3.05) is 12.4 Å². The Hall–Kier alpha value is -4.38. The number of para-hydroxylation sites is 1. The first-order valence-corrected chi connectivity index (χ1v) is 10.4. The molecule has 2 heterocycles. The minimum Gasteiger partial charge on any atom is -0.497 e. The summed E-state index contributed by atoms with van der Waals surface area (Å²) in [5.74, 6) is 1.55. The third-order valence-corrected chi connectivity index (χ3v) is 5.32. The number of methoxy groups -OCH3 is 1. The predicted molar refractivity (Wildman–Crippen MR) is 125 cm³/mol. The van der Waals surface area contributed by atoms with Crippen molar-refractivity contribution >= 4 is 22.6 Å². The number of anilines is 1. The molecule has 1 atom stereocenters. The van der Waals surface area contributed by atoms with Crippen molar-refractivity contribution in [2.45, 2.75) is 26.9 Å². The van der Waals surface area contributed by atoms with Gasteiger partial charge in [-0.15, -0.1) is 0 Å². The summed E-state index contributed by atoms with van der Waals surface area (Å²) in [5.41, 5.74) is 3.11. The standard InChI is InChI=1S/C25H23N5O3/c1-15-6-5-7-21-16(2)12-22(28-23(15)21)30-24(18(13-26)14-27-30)29-25(31)17(3)33-20-10-8-19(32-4)9-11-20/h5-12,14,17H,1-4H3,(H,29,31). The molecular weight excluding hydrogens is 418 g/mol. The molecule has 0 aliphatic carbocycles. The maximum absolute atomic E-state index is 12.9. The summed E-state index contributed by atoms with van der Waals surface area (Å²) in [4.78, 5) is 17.6. The molecule has 0 aliphatic heterocycles. The highest BCUT2D eigenvalue weighted by atomic mass is 16.5. The Balaban J connectivity index is 1.63. The van der Waals surface area contributed by atoms with Crippen molar-refractivity contribution in [1.82, 2.24) is 14.8 Å². The Kier molecular flexibility index (Phi) is 5.96. The van der Waals surface area contributed by atoms with Gasteiger partial charge in [0.2, 0.25) is 0 Å². The zero-order valence-electron chi connectivity index (χ0n) is 18.8. The fourth-order valence-corrected chi connectivity index (χ4v) is 3.51. The number of nitrogens with zero attached hydrogens (tertiary/aromatic N) is 4. The number of aryl methyl sites for hydroxylation is 2. The van der Waals surface area contributed by atoms with E-state index < -0.39 is 12.0 Å². The van der Waals surface area contributed by atoms with Gasteiger partial charge in [-0.05, 0) is 62.2 Å². The van der Waals surface area contributed by atoms with Gasteiger partial charge in [-0.25, -0.2) is 4.98 Å². The molecule has 1 N–H and O–H groups in total. The fraction of sp³-hybridized carbons (Fsp3) is 0.200. The van der Waals surface area contributed by atoms with Crippen molar-refractivity contribution < 1.29 is 14.3 Å². The van der Waals surface area contributed by atoms with Gasteiger partial charge in [0.25, 0.3) is 5.91 Å². The lowest BCUT2D eigenvalue weighted by Gasteiger charge is -2.16. The Bertz CT molecular complexity index is 1370. The van der Waals surface area contributed by atoms with E-state index in [1.54, 1.807) is 38.3 Å². The number of nitrogens with one attached hydrogen (secondary N) is 1. The van der Waals surface area contributed by atoms with Crippen LogP contribution in [-0.2, 0) is 4.79 Å². The molecule has 2 aromatic carbocycles. The van der Waals surface area contributed by atoms with Crippen LogP contribution >= 0.6 is 0 Å². The Morgan fingerprint density at radius 1 is 1.12 bits per heavy atom. The van der Waals surface area contributed by atoms with Crippen LogP contribution in [0.1, 0.15) is 23.6 Å². The molecule has 0 bridgehead atoms. The third kappa shape index (κ3) is 4.34. The topological polar surface area (TPSA) is 102 Å². The smallest absolute Gasteiger partial charge is 0.266 e. The molecule has 0 fully saturated rings. The van der Waals surface area contributed by atoms with Crippen LogP contribution in [0.5, 0.6) is 11.5 Å². The quantitative estimate of drug-likeness (QED) is 0.478. The number of nitriles is 1. The molecule has 0 radical (unpaired) electrons. The summed E-state index contributed by atoms with van der Waals surface area (Å²) in [7, 11) is 1.58. The molecule has 0 saturated heterocycles. The van der Waals surface area contributed by atoms with Crippen LogP contribution in [-0.4, -0.2) is 33.9 Å². The number of hydrogen-bond donors (Lipinski definition) is 1. The summed E-state index contributed by atoms with van der Waals surface area (Å²) in [5, 5.41) is 17.7. The van der Waals surface area contributed by atoms with Crippen molar-refractivity contribution in [3.8, 4) is 23.4 Å². The highest BCUT2D eigenvalue weighted by Gasteiger charge is 2.21. The average Bonchev–Trinajstić information content (AvgIpc) is 3.22. The van der Waals surface area contributed by atoms with Crippen LogP contribution in [0.4, 0.5) is 5.82 Å². The molecule has 1 unspecified atom stereocenters. The number of pyridine rings is 1. The lowest BCUT2D eigenvalue weighted by Crippen LogP contribution is -2.31. The Labute approximate surface area is 191 Å². The van der Waals surface area contributed by atoms with E-state index >= 15 is 0 Å². The zero-order valence-corrected chi connectivity index (χ0v) is 18.8. The van der Waals surface area contributed by atoms with E-state index in [2.05, 4.69) is 16.5 Å². The van der Waals surface area contributed by atoms with Crippen molar-refractivity contribution in [3.05, 3.63) is 71.4 Å². The molecule has 33 heavy (non-hydrogen) atoms. The van der Waals surface area contributed by atoms with Gasteiger partial charge in [0.05, 0.1) is 18.8 Å². The maximum atomic E-state index is 12.9. The van der Waals surface area contributed by atoms with Crippen molar-refractivity contribution in [3.63, 3.8) is 0 Å². The molecule has 0 spiro atoms. The summed E-state index contributed by atoms with van der Waals surface area (Å²) >= 11 is 0. The van der Waals surface area contributed by atoms with Crippen LogP contribution in [0.15, 0.2) is 54.7 Å². The SMILES string of the molecule is COc1ccc(OC(C)C(=O)Nc2c(C#N)cnn2-c2cc(C)c3cccc(C)c3n2)cc1. The van der Waals surface area contributed by atoms with Crippen LogP contribution < -0.4 is 14.8 Å². The van der Waals surface area contributed by atoms with E-state index in [9.17, 15) is 10.1 Å². The van der Waals surface area contributed by atoms with Gasteiger partial charge in [-0.3, -0.25) is 4.79 Å². The first-order valence-electron chi connectivity index (χ1n) is 10.4. The maximum Gasteiger partial charge on any atom is 0.266 e. The van der Waals surface area contributed by atoms with Gasteiger partial charge >= 0.3 is 0 Å². The largest absolute Gasteiger partial charge is 0.497 e. The molecule has 8 heteroatoms. The van der Waals surface area contributed by atoms with Crippen LogP contribution in [0.25, 0.3) is 16.7 Å². The van der Waals surface area contributed by atoms with Gasteiger partial charge in [0.15, 0.2) is 17.7 Å². The number of ether oxygens (including phenoxy) is 2. The predicted octanol–water partition coefficient (Wildman–Crippen LogP) is 4.32. The molecule has 1 amide bonds. The summed E-state index contributed by atoms with van der Waals surface area (Å²) in [6, 6.07) is 16.9. The van der Waals surface area contributed by atoms with Gasteiger partial charge in [0.1, 0.15) is 23.1 Å². The van der Waals surface area contributed by atoms with Crippen LogP contribution in [0, 0.1) is 25.2 Å². The molecule has 166 valence electrons. The lowest BCUT2D eigenvalue weighted by atomic mass is 10.1. The first kappa shape index (κ1) is 21.8. The normalized spacial score (nSPS) is 11.6. The summed E-state index contributed by atoms with van der Waals surface area (Å²) in [6.07, 6.45) is 0.589. The van der Waals surface area contributed by atoms with Crippen LogP contribution in [0.2, 0.25) is 0 Å². The number of carbonyl (C=O) groups is 1. The van der Waals surface area contributed by atoms with Gasteiger partial charge < -0.3 is 14.8 Å². The molecule has 8 nitrogen and oxygen atoms in total. The lowest BCUT2D eigenvalue weighted by molar-refractivity contribution is -0.122. The number of carbonyl (C=O) groups excluding carboxylic acids is 1. The molecule has 4 rings (SSSR count). The van der Waals surface area contributed by atoms with Crippen molar-refractivity contribution in [2.24, 2.45) is 0 Å². The van der Waals surface area contributed by atoms with E-state index in [1.807, 2.05) is 38.1 Å². The van der Waals surface area contributed by atoms with Crippen LogP contribution in [0.3, 0.4) is 0 Å². The number of rotatable bonds is 6. The summed E-state index contributed by atoms with van der Waals surface area (Å²) < 4.78 is 12.3. The Morgan fingerprint density at radius 2 is 1.85 bits per heavy atom. The molecule has 2 aromatic heterocycles. The highest BCUT2D eigenvalue weighted by Crippen LogP contribution is 2.26. The number of benzene rings is 2. The van der Waals surface area contributed by atoms with Gasteiger partial charge in [0, 0.05) is 5.39 Å². The zero-order chi connectivity index (χ0) is 23.5.